The molecule has 3 rings (SSSR count). The number of carbonyl (C=O) groups is 1. The number of benzene rings is 3. The minimum Gasteiger partial charge on any atom is -0.494 e. The summed E-state index contributed by atoms with van der Waals surface area (Å²) in [5, 5.41) is 3.06. The Morgan fingerprint density at radius 3 is 2.03 bits per heavy atom. The molecule has 0 bridgehead atoms. The molecule has 3 nitrogen and oxygen atoms in total. The van der Waals surface area contributed by atoms with Gasteiger partial charge in [-0.05, 0) is 54.3 Å². The lowest BCUT2D eigenvalue weighted by Gasteiger charge is -2.14. The lowest BCUT2D eigenvalue weighted by atomic mass is 10.0. The van der Waals surface area contributed by atoms with Gasteiger partial charge in [0, 0.05) is 5.56 Å². The van der Waals surface area contributed by atoms with Crippen LogP contribution in [0.25, 0.3) is 11.1 Å². The molecule has 0 aliphatic heterocycles. The van der Waals surface area contributed by atoms with Gasteiger partial charge in [0.25, 0.3) is 5.91 Å². The van der Waals surface area contributed by atoms with Crippen molar-refractivity contribution in [2.75, 3.05) is 6.61 Å². The van der Waals surface area contributed by atoms with E-state index in [2.05, 4.69) is 24.4 Å². The molecule has 0 saturated heterocycles. The van der Waals surface area contributed by atoms with E-state index in [4.69, 9.17) is 4.74 Å². The van der Waals surface area contributed by atoms with E-state index in [9.17, 15) is 4.79 Å². The second kappa shape index (κ2) is 12.7. The number of carbonyl (C=O) groups excluding carboxylic acids is 1. The second-order valence-electron chi connectivity index (χ2n) is 8.32. The molecule has 3 heteroatoms. The zero-order chi connectivity index (χ0) is 22.6. The SMILES string of the molecule is CCCCCCCCOc1ccc(-c2ccc(C(=O)N[C@@H](C)c3ccccc3)cc2)cc1. The van der Waals surface area contributed by atoms with Gasteiger partial charge in [0.2, 0.25) is 0 Å². The summed E-state index contributed by atoms with van der Waals surface area (Å²) in [7, 11) is 0. The highest BCUT2D eigenvalue weighted by molar-refractivity contribution is 5.94. The van der Waals surface area contributed by atoms with Crippen LogP contribution in [0.4, 0.5) is 0 Å². The minimum atomic E-state index is -0.0636. The number of hydrogen-bond acceptors (Lipinski definition) is 2. The van der Waals surface area contributed by atoms with Crippen molar-refractivity contribution in [3.63, 3.8) is 0 Å². The smallest absolute Gasteiger partial charge is 0.251 e. The molecule has 168 valence electrons. The number of amides is 1. The van der Waals surface area contributed by atoms with Gasteiger partial charge in [-0.1, -0.05) is 93.6 Å². The third kappa shape index (κ3) is 7.26. The Morgan fingerprint density at radius 2 is 1.38 bits per heavy atom. The maximum absolute atomic E-state index is 12.6. The van der Waals surface area contributed by atoms with Crippen LogP contribution in [-0.2, 0) is 0 Å². The van der Waals surface area contributed by atoms with Gasteiger partial charge in [-0.3, -0.25) is 4.79 Å². The fraction of sp³-hybridized carbons (Fsp3) is 0.345. The standard InChI is InChI=1S/C29H35NO2/c1-3-4-5-6-7-11-22-32-28-20-18-26(19-21-28)25-14-16-27(17-15-25)29(31)30-23(2)24-12-9-8-10-13-24/h8-10,12-21,23H,3-7,11,22H2,1-2H3,(H,30,31)/t23-/m0/s1. The van der Waals surface area contributed by atoms with Crippen molar-refractivity contribution in [1.82, 2.24) is 5.32 Å². The highest BCUT2D eigenvalue weighted by Gasteiger charge is 2.11. The van der Waals surface area contributed by atoms with Crippen molar-refractivity contribution in [3.05, 3.63) is 90.0 Å². The third-order valence-electron chi connectivity index (χ3n) is 5.75. The molecule has 0 spiro atoms. The molecule has 0 unspecified atom stereocenters. The Labute approximate surface area is 192 Å². The van der Waals surface area contributed by atoms with Gasteiger partial charge in [0.1, 0.15) is 5.75 Å². The Balaban J connectivity index is 1.48. The lowest BCUT2D eigenvalue weighted by molar-refractivity contribution is 0.0940. The molecule has 0 aromatic heterocycles. The molecule has 1 N–H and O–H groups in total. The molecule has 0 aliphatic rings. The molecule has 1 amide bonds. The first kappa shape index (κ1) is 23.6. The fourth-order valence-corrected chi connectivity index (χ4v) is 3.74. The first-order chi connectivity index (χ1) is 15.7. The maximum Gasteiger partial charge on any atom is 0.251 e. The van der Waals surface area contributed by atoms with Gasteiger partial charge in [-0.25, -0.2) is 0 Å². The van der Waals surface area contributed by atoms with Gasteiger partial charge in [0.05, 0.1) is 12.6 Å². The van der Waals surface area contributed by atoms with E-state index in [-0.39, 0.29) is 11.9 Å². The summed E-state index contributed by atoms with van der Waals surface area (Å²) in [5.41, 5.74) is 3.95. The topological polar surface area (TPSA) is 38.3 Å². The summed E-state index contributed by atoms with van der Waals surface area (Å²) in [6, 6.07) is 25.9. The van der Waals surface area contributed by atoms with Crippen molar-refractivity contribution >= 4 is 5.91 Å². The molecule has 0 fully saturated rings. The number of hydrogen-bond donors (Lipinski definition) is 1. The van der Waals surface area contributed by atoms with Crippen molar-refractivity contribution in [2.24, 2.45) is 0 Å². The monoisotopic (exact) mass is 429 g/mol. The predicted molar refractivity (Wildman–Crippen MR) is 133 cm³/mol. The van der Waals surface area contributed by atoms with Gasteiger partial charge in [-0.15, -0.1) is 0 Å². The zero-order valence-corrected chi connectivity index (χ0v) is 19.3. The van der Waals surface area contributed by atoms with Gasteiger partial charge < -0.3 is 10.1 Å². The molecule has 3 aromatic carbocycles. The van der Waals surface area contributed by atoms with E-state index in [0.29, 0.717) is 5.56 Å². The van der Waals surface area contributed by atoms with E-state index in [0.717, 1.165) is 35.5 Å². The van der Waals surface area contributed by atoms with E-state index in [1.807, 2.05) is 73.7 Å². The van der Waals surface area contributed by atoms with Crippen LogP contribution in [0.15, 0.2) is 78.9 Å². The Morgan fingerprint density at radius 1 is 0.781 bits per heavy atom. The Hall–Kier alpha value is -3.07. The highest BCUT2D eigenvalue weighted by atomic mass is 16.5. The normalized spacial score (nSPS) is 11.7. The molecular formula is C29H35NO2. The van der Waals surface area contributed by atoms with Crippen LogP contribution in [0.5, 0.6) is 5.75 Å². The van der Waals surface area contributed by atoms with Crippen molar-refractivity contribution in [1.29, 1.82) is 0 Å². The number of ether oxygens (including phenoxy) is 1. The van der Waals surface area contributed by atoms with Crippen LogP contribution < -0.4 is 10.1 Å². The summed E-state index contributed by atoms with van der Waals surface area (Å²) in [6.45, 7) is 5.01. The van der Waals surface area contributed by atoms with Crippen LogP contribution in [0.2, 0.25) is 0 Å². The molecule has 0 heterocycles. The van der Waals surface area contributed by atoms with Crippen molar-refractivity contribution in [3.8, 4) is 16.9 Å². The summed E-state index contributed by atoms with van der Waals surface area (Å²) in [5.74, 6) is 0.847. The highest BCUT2D eigenvalue weighted by Crippen LogP contribution is 2.23. The number of rotatable bonds is 12. The molecule has 32 heavy (non-hydrogen) atoms. The van der Waals surface area contributed by atoms with E-state index in [1.54, 1.807) is 0 Å². The summed E-state index contributed by atoms with van der Waals surface area (Å²) in [4.78, 5) is 12.6. The average molecular weight is 430 g/mol. The summed E-state index contributed by atoms with van der Waals surface area (Å²) >= 11 is 0. The van der Waals surface area contributed by atoms with E-state index < -0.39 is 0 Å². The first-order valence-corrected chi connectivity index (χ1v) is 11.9. The first-order valence-electron chi connectivity index (χ1n) is 11.9. The third-order valence-corrected chi connectivity index (χ3v) is 5.75. The van der Waals surface area contributed by atoms with Gasteiger partial charge in [0.15, 0.2) is 0 Å². The van der Waals surface area contributed by atoms with Crippen LogP contribution in [0.1, 0.15) is 74.3 Å². The van der Waals surface area contributed by atoms with E-state index in [1.165, 1.54) is 32.1 Å². The molecule has 3 aromatic rings. The Kier molecular flexibility index (Phi) is 9.37. The molecule has 0 radical (unpaired) electrons. The van der Waals surface area contributed by atoms with Gasteiger partial charge >= 0.3 is 0 Å². The molecule has 0 aliphatic carbocycles. The maximum atomic E-state index is 12.6. The van der Waals surface area contributed by atoms with Gasteiger partial charge in [-0.2, -0.15) is 0 Å². The average Bonchev–Trinajstić information content (AvgIpc) is 2.84. The summed E-state index contributed by atoms with van der Waals surface area (Å²) < 4.78 is 5.87. The van der Waals surface area contributed by atoms with Crippen molar-refractivity contribution < 1.29 is 9.53 Å². The van der Waals surface area contributed by atoms with E-state index >= 15 is 0 Å². The van der Waals surface area contributed by atoms with Crippen LogP contribution in [-0.4, -0.2) is 12.5 Å². The zero-order valence-electron chi connectivity index (χ0n) is 19.3. The molecule has 0 saturated carbocycles. The number of unbranched alkanes of at least 4 members (excludes halogenated alkanes) is 5. The number of nitrogens with one attached hydrogen (secondary N) is 1. The largest absolute Gasteiger partial charge is 0.494 e. The quantitative estimate of drug-likeness (QED) is 0.301. The molecular weight excluding hydrogens is 394 g/mol. The lowest BCUT2D eigenvalue weighted by Crippen LogP contribution is -2.26. The fourth-order valence-electron chi connectivity index (χ4n) is 3.74. The summed E-state index contributed by atoms with van der Waals surface area (Å²) in [6.07, 6.45) is 7.60. The van der Waals surface area contributed by atoms with Crippen LogP contribution in [0, 0.1) is 0 Å². The minimum absolute atomic E-state index is 0.0349. The van der Waals surface area contributed by atoms with Crippen LogP contribution in [0.3, 0.4) is 0 Å². The molecule has 1 atom stereocenters. The Bertz CT molecular complexity index is 933. The van der Waals surface area contributed by atoms with Crippen LogP contribution >= 0.6 is 0 Å². The second-order valence-corrected chi connectivity index (χ2v) is 8.32. The predicted octanol–water partition coefficient (Wildman–Crippen LogP) is 7.58. The van der Waals surface area contributed by atoms with Crippen molar-refractivity contribution in [2.45, 2.75) is 58.4 Å².